The molecule has 3 fully saturated rings. The van der Waals surface area contributed by atoms with Gasteiger partial charge in [-0.2, -0.15) is 0 Å². The van der Waals surface area contributed by atoms with Crippen molar-refractivity contribution in [1.82, 2.24) is 4.90 Å². The van der Waals surface area contributed by atoms with E-state index < -0.39 is 22.6 Å². The van der Waals surface area contributed by atoms with E-state index in [9.17, 15) is 19.5 Å². The first-order valence-corrected chi connectivity index (χ1v) is 13.3. The first kappa shape index (κ1) is 24.6. The van der Waals surface area contributed by atoms with Crippen molar-refractivity contribution < 1.29 is 24.2 Å². The zero-order valence-corrected chi connectivity index (χ0v) is 21.0. The second-order valence-corrected chi connectivity index (χ2v) is 11.2. The molecule has 5 rings (SSSR count). The lowest BCUT2D eigenvalue weighted by Crippen LogP contribution is -2.51. The zero-order valence-electron chi connectivity index (χ0n) is 20.2. The van der Waals surface area contributed by atoms with Gasteiger partial charge in [-0.25, -0.2) is 0 Å². The van der Waals surface area contributed by atoms with Gasteiger partial charge in [-0.05, 0) is 62.1 Å². The van der Waals surface area contributed by atoms with Gasteiger partial charge in [0.2, 0.25) is 17.7 Å². The van der Waals surface area contributed by atoms with Gasteiger partial charge in [0.05, 0.1) is 23.7 Å². The van der Waals surface area contributed by atoms with Gasteiger partial charge in [0, 0.05) is 29.8 Å². The average Bonchev–Trinajstić information content (AvgIpc) is 3.53. The van der Waals surface area contributed by atoms with E-state index in [-0.39, 0.29) is 29.6 Å². The number of hydrogen-bond donors (Lipinski definition) is 3. The van der Waals surface area contributed by atoms with Crippen LogP contribution < -0.4 is 15.4 Å². The summed E-state index contributed by atoms with van der Waals surface area (Å²) in [4.78, 5) is 42.7. The molecule has 3 saturated heterocycles. The molecule has 0 aliphatic carbocycles. The summed E-state index contributed by atoms with van der Waals surface area (Å²) < 4.78 is 4.56. The number of nitrogens with one attached hydrogen (secondary N) is 2. The number of carbonyl (C=O) groups is 3. The molecule has 36 heavy (non-hydrogen) atoms. The number of benzene rings is 2. The molecule has 5 atom stereocenters. The standard InChI is InChI=1S/C27H31N3O5S/c1-35-19-11-9-18(10-12-19)29-25(33)23-27-14-13-20(36-27)21(24(32)28-17-7-3-2-4-8-17)22(27)26(34)30(23)15-5-6-16-31/h2-4,7-12,20-23,31H,5-6,13-16H2,1H3,(H,28,32)(H,29,33)/t20-,21+,22+,23?,27?/m1/s1. The molecule has 8 nitrogen and oxygen atoms in total. The Hall–Kier alpha value is -3.04. The fraction of sp³-hybridized carbons (Fsp3) is 0.444. The van der Waals surface area contributed by atoms with Crippen molar-refractivity contribution in [2.45, 2.75) is 41.7 Å². The summed E-state index contributed by atoms with van der Waals surface area (Å²) >= 11 is 1.64. The van der Waals surface area contributed by atoms with Crippen LogP contribution in [0.1, 0.15) is 25.7 Å². The van der Waals surface area contributed by atoms with E-state index in [1.165, 1.54) is 0 Å². The number of amides is 3. The van der Waals surface area contributed by atoms with E-state index in [4.69, 9.17) is 4.74 Å². The molecule has 2 aromatic rings. The molecule has 2 unspecified atom stereocenters. The molecule has 3 N–H and O–H groups in total. The van der Waals surface area contributed by atoms with Crippen LogP contribution in [0.3, 0.4) is 0 Å². The number of aliphatic hydroxyl groups is 1. The summed E-state index contributed by atoms with van der Waals surface area (Å²) in [6, 6.07) is 15.7. The van der Waals surface area contributed by atoms with E-state index in [2.05, 4.69) is 10.6 Å². The summed E-state index contributed by atoms with van der Waals surface area (Å²) in [5.74, 6) is -0.889. The topological polar surface area (TPSA) is 108 Å². The van der Waals surface area contributed by atoms with Crippen molar-refractivity contribution in [1.29, 1.82) is 0 Å². The Balaban J connectivity index is 1.43. The third-order valence-electron chi connectivity index (χ3n) is 7.56. The van der Waals surface area contributed by atoms with E-state index in [1.807, 2.05) is 30.3 Å². The van der Waals surface area contributed by atoms with Gasteiger partial charge >= 0.3 is 0 Å². The predicted octanol–water partition coefficient (Wildman–Crippen LogP) is 3.14. The second-order valence-electron chi connectivity index (χ2n) is 9.59. The Bertz CT molecular complexity index is 1130. The number of anilines is 2. The number of thioether (sulfide) groups is 1. The normalized spacial score (nSPS) is 28.2. The maximum atomic E-state index is 13.9. The van der Waals surface area contributed by atoms with Crippen LogP contribution in [0.25, 0.3) is 0 Å². The van der Waals surface area contributed by atoms with Crippen LogP contribution in [-0.2, 0) is 14.4 Å². The fourth-order valence-corrected chi connectivity index (χ4v) is 8.24. The molecular formula is C27H31N3O5S. The molecule has 0 aromatic heterocycles. The lowest BCUT2D eigenvalue weighted by atomic mass is 9.70. The maximum Gasteiger partial charge on any atom is 0.248 e. The van der Waals surface area contributed by atoms with E-state index in [0.29, 0.717) is 42.9 Å². The summed E-state index contributed by atoms with van der Waals surface area (Å²) in [7, 11) is 1.58. The zero-order chi connectivity index (χ0) is 25.3. The number of carbonyl (C=O) groups excluding carboxylic acids is 3. The Morgan fingerprint density at radius 1 is 1.06 bits per heavy atom. The number of likely N-dealkylation sites (tertiary alicyclic amines) is 1. The molecular weight excluding hydrogens is 478 g/mol. The van der Waals surface area contributed by atoms with Crippen LogP contribution in [0.2, 0.25) is 0 Å². The van der Waals surface area contributed by atoms with Crippen molar-refractivity contribution in [3.8, 4) is 5.75 Å². The molecule has 0 radical (unpaired) electrons. The minimum absolute atomic E-state index is 0.00135. The number of unbranched alkanes of at least 4 members (excludes halogenated alkanes) is 1. The summed E-state index contributed by atoms with van der Waals surface area (Å²) in [6.45, 7) is 0.398. The highest BCUT2D eigenvalue weighted by Crippen LogP contribution is 2.66. The molecule has 3 amide bonds. The highest BCUT2D eigenvalue weighted by atomic mass is 32.2. The third-order valence-corrected chi connectivity index (χ3v) is 9.51. The minimum atomic E-state index is -0.680. The lowest BCUT2D eigenvalue weighted by Gasteiger charge is -2.34. The molecule has 3 heterocycles. The van der Waals surface area contributed by atoms with Gasteiger partial charge in [-0.3, -0.25) is 14.4 Å². The van der Waals surface area contributed by atoms with Gasteiger partial charge in [0.25, 0.3) is 0 Å². The lowest BCUT2D eigenvalue weighted by molar-refractivity contribution is -0.138. The number of nitrogens with zero attached hydrogens (tertiary/aromatic N) is 1. The van der Waals surface area contributed by atoms with Gasteiger partial charge in [0.15, 0.2) is 0 Å². The van der Waals surface area contributed by atoms with Crippen molar-refractivity contribution in [2.75, 3.05) is 30.9 Å². The number of rotatable bonds is 9. The minimum Gasteiger partial charge on any atom is -0.497 e. The number of methoxy groups -OCH3 is 1. The fourth-order valence-electron chi connectivity index (χ4n) is 6.02. The van der Waals surface area contributed by atoms with Crippen molar-refractivity contribution in [3.63, 3.8) is 0 Å². The Morgan fingerprint density at radius 2 is 1.75 bits per heavy atom. The van der Waals surface area contributed by atoms with Crippen LogP contribution in [-0.4, -0.2) is 64.0 Å². The summed E-state index contributed by atoms with van der Waals surface area (Å²) in [6.07, 6.45) is 2.64. The van der Waals surface area contributed by atoms with E-state index in [0.717, 1.165) is 6.42 Å². The van der Waals surface area contributed by atoms with Crippen molar-refractivity contribution >= 4 is 40.9 Å². The molecule has 9 heteroatoms. The molecule has 3 aliphatic heterocycles. The largest absolute Gasteiger partial charge is 0.497 e. The van der Waals surface area contributed by atoms with Crippen LogP contribution in [0.15, 0.2) is 54.6 Å². The predicted molar refractivity (Wildman–Crippen MR) is 139 cm³/mol. The van der Waals surface area contributed by atoms with Crippen molar-refractivity contribution in [2.24, 2.45) is 11.8 Å². The Kier molecular flexibility index (Phi) is 6.94. The van der Waals surface area contributed by atoms with Gasteiger partial charge < -0.3 is 25.4 Å². The number of aliphatic hydroxyl groups excluding tert-OH is 1. The van der Waals surface area contributed by atoms with Crippen LogP contribution in [0.4, 0.5) is 11.4 Å². The Morgan fingerprint density at radius 3 is 2.44 bits per heavy atom. The quantitative estimate of drug-likeness (QED) is 0.449. The monoisotopic (exact) mass is 509 g/mol. The SMILES string of the molecule is COc1ccc(NC(=O)C2N(CCCCO)C(=O)[C@@H]3[C@@H](C(=O)Nc4ccccc4)[C@H]4CCC23S4)cc1. The Labute approximate surface area is 214 Å². The smallest absolute Gasteiger partial charge is 0.248 e. The van der Waals surface area contributed by atoms with Gasteiger partial charge in [-0.15, -0.1) is 11.8 Å². The van der Waals surface area contributed by atoms with Crippen LogP contribution >= 0.6 is 11.8 Å². The highest BCUT2D eigenvalue weighted by molar-refractivity contribution is 8.02. The molecule has 2 aromatic carbocycles. The molecule has 2 bridgehead atoms. The molecule has 190 valence electrons. The van der Waals surface area contributed by atoms with Crippen LogP contribution in [0.5, 0.6) is 5.75 Å². The number of fused-ring (bicyclic) bond motifs is 1. The molecule has 0 saturated carbocycles. The molecule has 1 spiro atoms. The molecule has 3 aliphatic rings. The van der Waals surface area contributed by atoms with E-state index >= 15 is 0 Å². The highest BCUT2D eigenvalue weighted by Gasteiger charge is 2.73. The van der Waals surface area contributed by atoms with Gasteiger partial charge in [0.1, 0.15) is 11.8 Å². The first-order chi connectivity index (χ1) is 17.5. The average molecular weight is 510 g/mol. The number of para-hydroxylation sites is 1. The van der Waals surface area contributed by atoms with Gasteiger partial charge in [-0.1, -0.05) is 18.2 Å². The first-order valence-electron chi connectivity index (χ1n) is 12.4. The number of ether oxygens (including phenoxy) is 1. The summed E-state index contributed by atoms with van der Waals surface area (Å²) in [5.41, 5.74) is 1.32. The van der Waals surface area contributed by atoms with Crippen LogP contribution in [0, 0.1) is 11.8 Å². The third kappa shape index (κ3) is 4.24. The summed E-state index contributed by atoms with van der Waals surface area (Å²) in [5, 5.41) is 15.3. The maximum absolute atomic E-state index is 13.9. The van der Waals surface area contributed by atoms with Crippen molar-refractivity contribution in [3.05, 3.63) is 54.6 Å². The number of hydrogen-bond acceptors (Lipinski definition) is 6. The van der Waals surface area contributed by atoms with E-state index in [1.54, 1.807) is 48.0 Å². The second kappa shape index (κ2) is 10.1.